The third-order valence-corrected chi connectivity index (χ3v) is 3.34. The standard InChI is InChI=1S/C13H18N6O3/c1-10-4-12(17-22-10)16-13(20)7-18-2-3-21-11(5-18)6-19-9-14-8-15-19/h4,8-9,11H,2-3,5-7H2,1H3,(H,16,17,20)/t11-/m1/s1. The summed E-state index contributed by atoms with van der Waals surface area (Å²) in [4.78, 5) is 18.0. The van der Waals surface area contributed by atoms with E-state index >= 15 is 0 Å². The summed E-state index contributed by atoms with van der Waals surface area (Å²) < 4.78 is 12.3. The number of hydrogen-bond acceptors (Lipinski definition) is 7. The largest absolute Gasteiger partial charge is 0.374 e. The Morgan fingerprint density at radius 1 is 1.55 bits per heavy atom. The summed E-state index contributed by atoms with van der Waals surface area (Å²) in [7, 11) is 0. The number of aryl methyl sites for hydroxylation is 1. The van der Waals surface area contributed by atoms with Crippen molar-refractivity contribution in [3.05, 3.63) is 24.5 Å². The van der Waals surface area contributed by atoms with Crippen molar-refractivity contribution in [2.45, 2.75) is 19.6 Å². The van der Waals surface area contributed by atoms with Gasteiger partial charge in [0, 0.05) is 19.2 Å². The van der Waals surface area contributed by atoms with Crippen LogP contribution in [0.15, 0.2) is 23.2 Å². The lowest BCUT2D eigenvalue weighted by Gasteiger charge is -2.32. The number of ether oxygens (including phenoxy) is 1. The monoisotopic (exact) mass is 306 g/mol. The van der Waals surface area contributed by atoms with E-state index in [1.807, 2.05) is 4.90 Å². The molecule has 1 atom stereocenters. The number of hydrogen-bond donors (Lipinski definition) is 1. The zero-order chi connectivity index (χ0) is 15.4. The Hall–Kier alpha value is -2.26. The van der Waals surface area contributed by atoms with Gasteiger partial charge in [0.1, 0.15) is 18.4 Å². The first kappa shape index (κ1) is 14.7. The molecule has 1 saturated heterocycles. The van der Waals surface area contributed by atoms with Gasteiger partial charge in [-0.2, -0.15) is 5.10 Å². The van der Waals surface area contributed by atoms with E-state index in [1.165, 1.54) is 6.33 Å². The van der Waals surface area contributed by atoms with Crippen LogP contribution in [-0.4, -0.2) is 63.1 Å². The number of anilines is 1. The van der Waals surface area contributed by atoms with Crippen LogP contribution in [0.5, 0.6) is 0 Å². The summed E-state index contributed by atoms with van der Waals surface area (Å²) in [5, 5.41) is 10.5. The summed E-state index contributed by atoms with van der Waals surface area (Å²) >= 11 is 0. The quantitative estimate of drug-likeness (QED) is 0.824. The predicted molar refractivity (Wildman–Crippen MR) is 76.1 cm³/mol. The highest BCUT2D eigenvalue weighted by Crippen LogP contribution is 2.09. The number of morpholine rings is 1. The molecule has 0 aliphatic carbocycles. The molecule has 3 rings (SSSR count). The molecule has 1 aliphatic heterocycles. The zero-order valence-electron chi connectivity index (χ0n) is 12.3. The topological polar surface area (TPSA) is 98.3 Å². The number of nitrogens with zero attached hydrogens (tertiary/aromatic N) is 5. The molecule has 0 saturated carbocycles. The Bertz CT molecular complexity index is 611. The fourth-order valence-electron chi connectivity index (χ4n) is 2.38. The number of aromatic nitrogens is 4. The number of rotatable bonds is 5. The Labute approximate surface area is 127 Å². The van der Waals surface area contributed by atoms with Crippen LogP contribution in [-0.2, 0) is 16.1 Å². The molecular formula is C13H18N6O3. The minimum atomic E-state index is -0.116. The molecular weight excluding hydrogens is 288 g/mol. The maximum Gasteiger partial charge on any atom is 0.239 e. The maximum atomic E-state index is 12.0. The molecule has 2 aromatic heterocycles. The van der Waals surface area contributed by atoms with E-state index in [0.29, 0.717) is 37.8 Å². The number of nitrogens with one attached hydrogen (secondary N) is 1. The molecule has 22 heavy (non-hydrogen) atoms. The highest BCUT2D eigenvalue weighted by atomic mass is 16.5. The van der Waals surface area contributed by atoms with Crippen molar-refractivity contribution in [2.24, 2.45) is 0 Å². The SMILES string of the molecule is Cc1cc(NC(=O)CN2CCO[C@@H](Cn3cncn3)C2)no1. The molecule has 9 heteroatoms. The van der Waals surface area contributed by atoms with Crippen molar-refractivity contribution in [1.82, 2.24) is 24.8 Å². The van der Waals surface area contributed by atoms with Crippen LogP contribution in [0.3, 0.4) is 0 Å². The lowest BCUT2D eigenvalue weighted by molar-refractivity contribution is -0.119. The van der Waals surface area contributed by atoms with Gasteiger partial charge in [0.2, 0.25) is 5.91 Å². The first-order valence-electron chi connectivity index (χ1n) is 7.08. The fraction of sp³-hybridized carbons (Fsp3) is 0.538. The van der Waals surface area contributed by atoms with E-state index in [2.05, 4.69) is 20.6 Å². The highest BCUT2D eigenvalue weighted by molar-refractivity contribution is 5.91. The van der Waals surface area contributed by atoms with Crippen LogP contribution in [0.25, 0.3) is 0 Å². The second kappa shape index (κ2) is 6.67. The van der Waals surface area contributed by atoms with E-state index in [9.17, 15) is 4.79 Å². The van der Waals surface area contributed by atoms with Crippen molar-refractivity contribution in [2.75, 3.05) is 31.6 Å². The average molecular weight is 306 g/mol. The van der Waals surface area contributed by atoms with E-state index in [1.54, 1.807) is 24.0 Å². The summed E-state index contributed by atoms with van der Waals surface area (Å²) in [6.07, 6.45) is 3.15. The average Bonchev–Trinajstić information content (AvgIpc) is 3.11. The van der Waals surface area contributed by atoms with Gasteiger partial charge in [-0.1, -0.05) is 5.16 Å². The minimum Gasteiger partial charge on any atom is -0.374 e. The molecule has 1 N–H and O–H groups in total. The molecule has 1 amide bonds. The van der Waals surface area contributed by atoms with Crippen molar-refractivity contribution < 1.29 is 14.1 Å². The normalized spacial score (nSPS) is 19.2. The zero-order valence-corrected chi connectivity index (χ0v) is 12.3. The fourth-order valence-corrected chi connectivity index (χ4v) is 2.38. The van der Waals surface area contributed by atoms with Crippen LogP contribution in [0.4, 0.5) is 5.82 Å². The van der Waals surface area contributed by atoms with Crippen LogP contribution < -0.4 is 5.32 Å². The molecule has 0 aromatic carbocycles. The summed E-state index contributed by atoms with van der Waals surface area (Å²) in [5.74, 6) is 0.985. The Morgan fingerprint density at radius 3 is 3.18 bits per heavy atom. The van der Waals surface area contributed by atoms with Crippen LogP contribution in [0, 0.1) is 6.92 Å². The molecule has 1 fully saturated rings. The van der Waals surface area contributed by atoms with Crippen LogP contribution in [0.2, 0.25) is 0 Å². The van der Waals surface area contributed by atoms with Crippen molar-refractivity contribution >= 4 is 11.7 Å². The minimum absolute atomic E-state index is 0.00227. The van der Waals surface area contributed by atoms with E-state index < -0.39 is 0 Å². The second-order valence-electron chi connectivity index (χ2n) is 5.22. The first-order chi connectivity index (χ1) is 10.7. The molecule has 0 unspecified atom stereocenters. The van der Waals surface area contributed by atoms with Gasteiger partial charge in [0.25, 0.3) is 0 Å². The lowest BCUT2D eigenvalue weighted by atomic mass is 10.2. The van der Waals surface area contributed by atoms with Gasteiger partial charge >= 0.3 is 0 Å². The molecule has 0 radical (unpaired) electrons. The predicted octanol–water partition coefficient (Wildman–Crippen LogP) is -0.0860. The van der Waals surface area contributed by atoms with Crippen LogP contribution >= 0.6 is 0 Å². The maximum absolute atomic E-state index is 12.0. The number of carbonyl (C=O) groups is 1. The molecule has 2 aromatic rings. The number of amides is 1. The van der Waals surface area contributed by atoms with Gasteiger partial charge in [-0.3, -0.25) is 14.4 Å². The second-order valence-corrected chi connectivity index (χ2v) is 5.22. The third kappa shape index (κ3) is 3.89. The van der Waals surface area contributed by atoms with Gasteiger partial charge in [-0.15, -0.1) is 0 Å². The molecule has 0 bridgehead atoms. The Morgan fingerprint density at radius 2 is 2.45 bits per heavy atom. The van der Waals surface area contributed by atoms with Gasteiger partial charge in [-0.05, 0) is 6.92 Å². The van der Waals surface area contributed by atoms with Crippen molar-refractivity contribution in [1.29, 1.82) is 0 Å². The highest BCUT2D eigenvalue weighted by Gasteiger charge is 2.23. The van der Waals surface area contributed by atoms with Crippen molar-refractivity contribution in [3.8, 4) is 0 Å². The molecule has 9 nitrogen and oxygen atoms in total. The molecule has 3 heterocycles. The van der Waals surface area contributed by atoms with E-state index in [4.69, 9.17) is 9.26 Å². The summed E-state index contributed by atoms with van der Waals surface area (Å²) in [6.45, 7) is 4.68. The van der Waals surface area contributed by atoms with Gasteiger partial charge < -0.3 is 14.6 Å². The Balaban J connectivity index is 1.48. The van der Waals surface area contributed by atoms with E-state index in [-0.39, 0.29) is 12.0 Å². The Kier molecular flexibility index (Phi) is 4.45. The van der Waals surface area contributed by atoms with Gasteiger partial charge in [-0.25, -0.2) is 4.98 Å². The van der Waals surface area contributed by atoms with Crippen molar-refractivity contribution in [3.63, 3.8) is 0 Å². The number of carbonyl (C=O) groups excluding carboxylic acids is 1. The first-order valence-corrected chi connectivity index (χ1v) is 7.08. The molecule has 1 aliphatic rings. The third-order valence-electron chi connectivity index (χ3n) is 3.34. The summed E-state index contributed by atoms with van der Waals surface area (Å²) in [5.41, 5.74) is 0. The lowest BCUT2D eigenvalue weighted by Crippen LogP contribution is -2.47. The van der Waals surface area contributed by atoms with E-state index in [0.717, 1.165) is 6.54 Å². The molecule has 0 spiro atoms. The molecule has 118 valence electrons. The van der Waals surface area contributed by atoms with Gasteiger partial charge in [0.05, 0.1) is 25.8 Å². The van der Waals surface area contributed by atoms with Gasteiger partial charge in [0.15, 0.2) is 5.82 Å². The smallest absolute Gasteiger partial charge is 0.239 e. The van der Waals surface area contributed by atoms with Crippen LogP contribution in [0.1, 0.15) is 5.76 Å². The summed E-state index contributed by atoms with van der Waals surface area (Å²) in [6, 6.07) is 1.69.